The van der Waals surface area contributed by atoms with Crippen molar-refractivity contribution >= 4 is 27.3 Å². The first kappa shape index (κ1) is 25.0. The lowest BCUT2D eigenvalue weighted by Gasteiger charge is -2.34. The van der Waals surface area contributed by atoms with Crippen molar-refractivity contribution in [1.82, 2.24) is 4.98 Å². The van der Waals surface area contributed by atoms with E-state index in [-0.39, 0.29) is 35.6 Å². The first-order chi connectivity index (χ1) is 17.6. The summed E-state index contributed by atoms with van der Waals surface area (Å²) in [7, 11) is -3.29. The number of carbonyl (C=O) groups is 2. The molecule has 5 rings (SSSR count). The summed E-state index contributed by atoms with van der Waals surface area (Å²) in [5.41, 5.74) is 2.87. The minimum absolute atomic E-state index is 0.00221. The molecule has 8 nitrogen and oxygen atoms in total. The molecule has 0 spiro atoms. The Hall–Kier alpha value is -3.72. The molecule has 0 bridgehead atoms. The van der Waals surface area contributed by atoms with E-state index in [0.29, 0.717) is 47.0 Å². The molecule has 2 aliphatic rings. The van der Waals surface area contributed by atoms with Crippen LogP contribution in [0.2, 0.25) is 0 Å². The number of hydrogen-bond acceptors (Lipinski definition) is 7. The fraction of sp³-hybridized carbons (Fsp3) is 0.321. The SMILES string of the molecule is CCS(=O)(=O)c1ccc(CC(=O)Nc2cc(C)c3c(n2)CCC(C)(c2ccc4c(c2)OCO4)C3=O)cc1. The Bertz CT molecular complexity index is 1510. The fourth-order valence-electron chi connectivity index (χ4n) is 4.92. The second-order valence-corrected chi connectivity index (χ2v) is 11.9. The number of fused-ring (bicyclic) bond motifs is 2. The standard InChI is InChI=1S/C28H28N2O6S/c1-4-37(33,34)20-8-5-18(6-9-20)14-25(31)30-24-13-17(2)26-21(29-24)11-12-28(3,27(26)32)19-7-10-22-23(15-19)36-16-35-22/h5-10,13,15H,4,11-12,14,16H2,1-3H3,(H,29,30,31). The number of hydrogen-bond donors (Lipinski definition) is 1. The predicted octanol–water partition coefficient (Wildman–Crippen LogP) is 4.18. The van der Waals surface area contributed by atoms with Crippen LogP contribution in [0.5, 0.6) is 11.5 Å². The minimum atomic E-state index is -3.29. The predicted molar refractivity (Wildman–Crippen MR) is 138 cm³/mol. The largest absolute Gasteiger partial charge is 0.454 e. The molecule has 1 aromatic heterocycles. The van der Waals surface area contributed by atoms with E-state index in [2.05, 4.69) is 10.3 Å². The first-order valence-corrected chi connectivity index (χ1v) is 13.8. The lowest BCUT2D eigenvalue weighted by Crippen LogP contribution is -2.38. The van der Waals surface area contributed by atoms with Crippen LogP contribution < -0.4 is 14.8 Å². The van der Waals surface area contributed by atoms with Crippen molar-refractivity contribution < 1.29 is 27.5 Å². The molecule has 192 valence electrons. The van der Waals surface area contributed by atoms with Gasteiger partial charge in [0.15, 0.2) is 27.1 Å². The number of ether oxygens (including phenoxy) is 2. The van der Waals surface area contributed by atoms with E-state index < -0.39 is 15.3 Å². The van der Waals surface area contributed by atoms with Crippen molar-refractivity contribution in [3.8, 4) is 11.5 Å². The molecule has 1 aliphatic carbocycles. The van der Waals surface area contributed by atoms with Crippen LogP contribution in [0, 0.1) is 6.92 Å². The van der Waals surface area contributed by atoms with E-state index in [9.17, 15) is 18.0 Å². The first-order valence-electron chi connectivity index (χ1n) is 12.2. The lowest BCUT2D eigenvalue weighted by molar-refractivity contribution is -0.115. The highest BCUT2D eigenvalue weighted by atomic mass is 32.2. The van der Waals surface area contributed by atoms with E-state index in [1.54, 1.807) is 25.1 Å². The molecular formula is C28H28N2O6S. The van der Waals surface area contributed by atoms with Crippen molar-refractivity contribution in [3.63, 3.8) is 0 Å². The second-order valence-electron chi connectivity index (χ2n) is 9.65. The summed E-state index contributed by atoms with van der Waals surface area (Å²) in [5, 5.41) is 2.82. The van der Waals surface area contributed by atoms with Gasteiger partial charge in [-0.3, -0.25) is 9.59 Å². The van der Waals surface area contributed by atoms with Crippen molar-refractivity contribution in [2.75, 3.05) is 17.9 Å². The third-order valence-corrected chi connectivity index (χ3v) is 8.94. The summed E-state index contributed by atoms with van der Waals surface area (Å²) >= 11 is 0. The van der Waals surface area contributed by atoms with Crippen LogP contribution in [-0.4, -0.2) is 37.6 Å². The Balaban J connectivity index is 1.33. The molecule has 37 heavy (non-hydrogen) atoms. The van der Waals surface area contributed by atoms with Gasteiger partial charge in [-0.2, -0.15) is 0 Å². The highest BCUT2D eigenvalue weighted by molar-refractivity contribution is 7.91. The Morgan fingerprint density at radius 2 is 1.81 bits per heavy atom. The molecule has 1 amide bonds. The summed E-state index contributed by atoms with van der Waals surface area (Å²) in [5.74, 6) is 1.46. The van der Waals surface area contributed by atoms with Crippen LogP contribution in [0.1, 0.15) is 53.0 Å². The van der Waals surface area contributed by atoms with Gasteiger partial charge in [0.25, 0.3) is 0 Å². The summed E-state index contributed by atoms with van der Waals surface area (Å²) in [4.78, 5) is 31.2. The van der Waals surface area contributed by atoms with E-state index >= 15 is 0 Å². The highest BCUT2D eigenvalue weighted by Crippen LogP contribution is 2.43. The number of nitrogens with one attached hydrogen (secondary N) is 1. The number of aryl methyl sites for hydroxylation is 2. The summed E-state index contributed by atoms with van der Waals surface area (Å²) in [6.45, 7) is 5.57. The third-order valence-electron chi connectivity index (χ3n) is 7.19. The molecule has 0 radical (unpaired) electrons. The molecule has 9 heteroatoms. The van der Waals surface area contributed by atoms with Crippen LogP contribution in [0.4, 0.5) is 5.82 Å². The number of sulfone groups is 1. The molecular weight excluding hydrogens is 492 g/mol. The molecule has 0 fully saturated rings. The molecule has 2 aromatic carbocycles. The summed E-state index contributed by atoms with van der Waals surface area (Å²) in [6.07, 6.45) is 1.24. The van der Waals surface area contributed by atoms with E-state index in [1.165, 1.54) is 12.1 Å². The number of aromatic nitrogens is 1. The Morgan fingerprint density at radius 3 is 2.54 bits per heavy atom. The molecule has 0 saturated carbocycles. The molecule has 3 aromatic rings. The number of amides is 1. The lowest BCUT2D eigenvalue weighted by atomic mass is 9.68. The minimum Gasteiger partial charge on any atom is -0.454 e. The number of carbonyl (C=O) groups excluding carboxylic acids is 2. The van der Waals surface area contributed by atoms with Gasteiger partial charge < -0.3 is 14.8 Å². The number of Topliss-reactive ketones (excluding diaryl/α,β-unsaturated/α-hetero) is 1. The van der Waals surface area contributed by atoms with Gasteiger partial charge in [0.05, 0.1) is 28.2 Å². The number of nitrogens with zero attached hydrogens (tertiary/aromatic N) is 1. The Kier molecular flexibility index (Phi) is 6.27. The van der Waals surface area contributed by atoms with E-state index in [1.807, 2.05) is 32.0 Å². The Morgan fingerprint density at radius 1 is 1.08 bits per heavy atom. The van der Waals surface area contributed by atoms with Gasteiger partial charge >= 0.3 is 0 Å². The van der Waals surface area contributed by atoms with Crippen molar-refractivity contribution in [3.05, 3.63) is 76.5 Å². The summed E-state index contributed by atoms with van der Waals surface area (Å²) < 4.78 is 34.9. The van der Waals surface area contributed by atoms with Gasteiger partial charge in [-0.05, 0) is 73.7 Å². The number of anilines is 1. The number of rotatable bonds is 6. The second kappa shape index (κ2) is 9.30. The monoisotopic (exact) mass is 520 g/mol. The maximum Gasteiger partial charge on any atom is 0.231 e. The van der Waals surface area contributed by atoms with Gasteiger partial charge in [0.2, 0.25) is 12.7 Å². The van der Waals surface area contributed by atoms with Gasteiger partial charge in [-0.1, -0.05) is 25.1 Å². The highest BCUT2D eigenvalue weighted by Gasteiger charge is 2.42. The van der Waals surface area contributed by atoms with Crippen LogP contribution in [0.15, 0.2) is 53.4 Å². The average Bonchev–Trinajstić information content (AvgIpc) is 3.34. The number of pyridine rings is 1. The zero-order valence-corrected chi connectivity index (χ0v) is 21.8. The topological polar surface area (TPSA) is 112 Å². The molecule has 1 N–H and O–H groups in total. The molecule has 0 saturated heterocycles. The van der Waals surface area contributed by atoms with Crippen molar-refractivity contribution in [2.24, 2.45) is 0 Å². The van der Waals surface area contributed by atoms with Crippen LogP contribution in [-0.2, 0) is 32.9 Å². The molecule has 1 unspecified atom stereocenters. The van der Waals surface area contributed by atoms with Crippen molar-refractivity contribution in [2.45, 2.75) is 50.3 Å². The average molecular weight is 521 g/mol. The normalized spacial score (nSPS) is 18.4. The van der Waals surface area contributed by atoms with Crippen LogP contribution in [0.25, 0.3) is 0 Å². The summed E-state index contributed by atoms with van der Waals surface area (Å²) in [6, 6.07) is 13.7. The third kappa shape index (κ3) is 4.59. The molecule has 2 heterocycles. The molecule has 1 atom stereocenters. The van der Waals surface area contributed by atoms with Gasteiger partial charge in [-0.25, -0.2) is 13.4 Å². The quantitative estimate of drug-likeness (QED) is 0.519. The van der Waals surface area contributed by atoms with E-state index in [0.717, 1.165) is 11.1 Å². The number of benzene rings is 2. The van der Waals surface area contributed by atoms with E-state index in [4.69, 9.17) is 9.47 Å². The maximum absolute atomic E-state index is 13.7. The fourth-order valence-corrected chi connectivity index (χ4v) is 5.80. The zero-order valence-electron chi connectivity index (χ0n) is 21.0. The van der Waals surface area contributed by atoms with Gasteiger partial charge in [0.1, 0.15) is 5.82 Å². The number of ketones is 1. The maximum atomic E-state index is 13.7. The Labute approximate surface area is 215 Å². The van der Waals surface area contributed by atoms with Crippen LogP contribution in [0.3, 0.4) is 0 Å². The van der Waals surface area contributed by atoms with Gasteiger partial charge in [0, 0.05) is 5.56 Å². The zero-order chi connectivity index (χ0) is 26.4. The van der Waals surface area contributed by atoms with Crippen LogP contribution >= 0.6 is 0 Å². The van der Waals surface area contributed by atoms with Crippen molar-refractivity contribution in [1.29, 1.82) is 0 Å². The van der Waals surface area contributed by atoms with Gasteiger partial charge in [-0.15, -0.1) is 0 Å². The smallest absolute Gasteiger partial charge is 0.231 e. The molecule has 1 aliphatic heterocycles.